The smallest absolute Gasteiger partial charge is 0.243 e. The highest BCUT2D eigenvalue weighted by Crippen LogP contribution is 2.48. The molecule has 2 aromatic rings. The highest BCUT2D eigenvalue weighted by Gasteiger charge is 2.43. The quantitative estimate of drug-likeness (QED) is 0.531. The summed E-state index contributed by atoms with van der Waals surface area (Å²) in [4.78, 5) is 3.18. The monoisotopic (exact) mass is 494 g/mol. The fourth-order valence-corrected chi connectivity index (χ4v) is 8.85. The van der Waals surface area contributed by atoms with Gasteiger partial charge in [0, 0.05) is 19.1 Å². The molecular formula is C29H38N2O3S. The summed E-state index contributed by atoms with van der Waals surface area (Å²) < 4.78 is 33.2. The molecule has 2 bridgehead atoms. The Kier molecular flexibility index (Phi) is 6.40. The van der Waals surface area contributed by atoms with Crippen molar-refractivity contribution in [2.45, 2.75) is 68.2 Å². The molecule has 6 rings (SSSR count). The summed E-state index contributed by atoms with van der Waals surface area (Å²) in [5.74, 6) is 3.43. The van der Waals surface area contributed by atoms with Gasteiger partial charge < -0.3 is 9.64 Å². The van der Waals surface area contributed by atoms with Gasteiger partial charge in [-0.2, -0.15) is 4.31 Å². The van der Waals surface area contributed by atoms with Crippen molar-refractivity contribution in [3.05, 3.63) is 48.0 Å². The van der Waals surface area contributed by atoms with E-state index in [9.17, 15) is 8.42 Å². The normalized spacial score (nSPS) is 28.1. The summed E-state index contributed by atoms with van der Waals surface area (Å²) in [6, 6.07) is 14.7. The molecule has 6 heteroatoms. The van der Waals surface area contributed by atoms with Gasteiger partial charge in [0.05, 0.1) is 12.0 Å². The second-order valence-electron chi connectivity index (χ2n) is 11.1. The largest absolute Gasteiger partial charge is 0.496 e. The number of methoxy groups -OCH3 is 1. The maximum absolute atomic E-state index is 12.9. The van der Waals surface area contributed by atoms with E-state index in [4.69, 9.17) is 4.74 Å². The number of sulfonamides is 1. The van der Waals surface area contributed by atoms with Crippen LogP contribution in [0.2, 0.25) is 0 Å². The Hall–Kier alpha value is -1.89. The first kappa shape index (κ1) is 23.5. The highest BCUT2D eigenvalue weighted by molar-refractivity contribution is 7.89. The standard InChI is InChI=1S/C29H38N2O3S/c1-34-29-11-8-24(22-6-9-26(10-7-22)35(32,33)31-14-2-3-15-31)20-27(29)23-12-16-30(17-13-23)28-19-21-4-5-25(28)18-21/h6-11,20-21,23,25,28H,2-5,12-19H2,1H3/t21-,25-,28?/m0/s1. The summed E-state index contributed by atoms with van der Waals surface area (Å²) in [6.45, 7) is 3.64. The third-order valence-electron chi connectivity index (χ3n) is 9.26. The number of benzene rings is 2. The van der Waals surface area contributed by atoms with Gasteiger partial charge in [-0.15, -0.1) is 0 Å². The van der Waals surface area contributed by atoms with Gasteiger partial charge >= 0.3 is 0 Å². The van der Waals surface area contributed by atoms with Gasteiger partial charge in [-0.05, 0) is 117 Å². The van der Waals surface area contributed by atoms with Crippen molar-refractivity contribution in [3.8, 4) is 16.9 Å². The Bertz CT molecular complexity index is 1150. The van der Waals surface area contributed by atoms with Crippen LogP contribution in [0.5, 0.6) is 5.75 Å². The fraction of sp³-hybridized carbons (Fsp3) is 0.586. The lowest BCUT2D eigenvalue weighted by Crippen LogP contribution is -2.43. The zero-order valence-electron chi connectivity index (χ0n) is 20.9. The van der Waals surface area contributed by atoms with Gasteiger partial charge in [0.15, 0.2) is 0 Å². The molecule has 2 aliphatic heterocycles. The van der Waals surface area contributed by atoms with Crippen LogP contribution in [-0.2, 0) is 10.0 Å². The summed E-state index contributed by atoms with van der Waals surface area (Å²) >= 11 is 0. The van der Waals surface area contributed by atoms with Crippen LogP contribution in [0.15, 0.2) is 47.4 Å². The minimum atomic E-state index is -3.38. The molecule has 2 aliphatic carbocycles. The average Bonchev–Trinajstić information content (AvgIpc) is 3.68. The summed E-state index contributed by atoms with van der Waals surface area (Å²) in [6.07, 6.45) is 10.1. The van der Waals surface area contributed by atoms with E-state index in [2.05, 4.69) is 23.1 Å². The lowest BCUT2D eigenvalue weighted by molar-refractivity contribution is 0.110. The van der Waals surface area contributed by atoms with Crippen LogP contribution >= 0.6 is 0 Å². The van der Waals surface area contributed by atoms with Crippen molar-refractivity contribution < 1.29 is 13.2 Å². The molecular weight excluding hydrogens is 456 g/mol. The van der Waals surface area contributed by atoms with Gasteiger partial charge in [-0.25, -0.2) is 8.42 Å². The number of rotatable bonds is 6. The number of ether oxygens (including phenoxy) is 1. The molecule has 2 saturated carbocycles. The first-order chi connectivity index (χ1) is 17.0. The highest BCUT2D eigenvalue weighted by atomic mass is 32.2. The molecule has 0 N–H and O–H groups in total. The third-order valence-corrected chi connectivity index (χ3v) is 11.2. The molecule has 188 valence electrons. The molecule has 0 aromatic heterocycles. The Morgan fingerprint density at radius 3 is 2.17 bits per heavy atom. The number of nitrogens with zero attached hydrogens (tertiary/aromatic N) is 2. The molecule has 4 aliphatic rings. The summed E-state index contributed by atoms with van der Waals surface area (Å²) in [5, 5.41) is 0. The van der Waals surface area contributed by atoms with Gasteiger partial charge in [-0.3, -0.25) is 0 Å². The first-order valence-electron chi connectivity index (χ1n) is 13.6. The van der Waals surface area contributed by atoms with Gasteiger partial charge in [0.1, 0.15) is 5.75 Å². The van der Waals surface area contributed by atoms with Crippen molar-refractivity contribution in [2.24, 2.45) is 11.8 Å². The lowest BCUT2D eigenvalue weighted by Gasteiger charge is -2.40. The maximum Gasteiger partial charge on any atom is 0.243 e. The topological polar surface area (TPSA) is 49.9 Å². The Labute approximate surface area is 210 Å². The predicted octanol–water partition coefficient (Wildman–Crippen LogP) is 5.51. The number of fused-ring (bicyclic) bond motifs is 2. The SMILES string of the molecule is COc1ccc(-c2ccc(S(=O)(=O)N3CCCC3)cc2)cc1C1CCN(C2C[C@H]3CC[C@H]2C3)CC1. The van der Waals surface area contributed by atoms with Crippen molar-refractivity contribution in [1.29, 1.82) is 0 Å². The number of hydrogen-bond acceptors (Lipinski definition) is 4. The molecule has 1 unspecified atom stereocenters. The van der Waals surface area contributed by atoms with Crippen LogP contribution in [0.25, 0.3) is 11.1 Å². The molecule has 2 saturated heterocycles. The second-order valence-corrected chi connectivity index (χ2v) is 13.1. The van der Waals surface area contributed by atoms with Crippen LogP contribution in [-0.4, -0.2) is 57.0 Å². The molecule has 0 radical (unpaired) electrons. The predicted molar refractivity (Wildman–Crippen MR) is 139 cm³/mol. The Balaban J connectivity index is 1.18. The van der Waals surface area contributed by atoms with Gasteiger partial charge in [0.25, 0.3) is 0 Å². The van der Waals surface area contributed by atoms with Crippen molar-refractivity contribution >= 4 is 10.0 Å². The molecule has 2 aromatic carbocycles. The molecule has 4 fully saturated rings. The van der Waals surface area contributed by atoms with Crippen molar-refractivity contribution in [3.63, 3.8) is 0 Å². The summed E-state index contributed by atoms with van der Waals surface area (Å²) in [7, 11) is -1.62. The van der Waals surface area contributed by atoms with E-state index >= 15 is 0 Å². The van der Waals surface area contributed by atoms with Crippen molar-refractivity contribution in [2.75, 3.05) is 33.3 Å². The minimum Gasteiger partial charge on any atom is -0.496 e. The van der Waals surface area contributed by atoms with E-state index in [-0.39, 0.29) is 0 Å². The van der Waals surface area contributed by atoms with Crippen molar-refractivity contribution in [1.82, 2.24) is 9.21 Å². The van der Waals surface area contributed by atoms with Crippen LogP contribution in [0.3, 0.4) is 0 Å². The molecule has 5 nitrogen and oxygen atoms in total. The molecule has 35 heavy (non-hydrogen) atoms. The molecule has 0 amide bonds. The first-order valence-corrected chi connectivity index (χ1v) is 15.0. The molecule has 2 heterocycles. The zero-order chi connectivity index (χ0) is 24.0. The molecule has 3 atom stereocenters. The van der Waals surface area contributed by atoms with Crippen LogP contribution in [0.4, 0.5) is 0 Å². The number of hydrogen-bond donors (Lipinski definition) is 0. The van der Waals surface area contributed by atoms with Crippen LogP contribution in [0, 0.1) is 11.8 Å². The fourth-order valence-electron chi connectivity index (χ4n) is 7.33. The van der Waals surface area contributed by atoms with E-state index in [1.807, 2.05) is 12.1 Å². The lowest BCUT2D eigenvalue weighted by atomic mass is 9.85. The number of likely N-dealkylation sites (tertiary alicyclic amines) is 1. The second kappa shape index (κ2) is 9.53. The molecule has 0 spiro atoms. The third kappa shape index (κ3) is 4.42. The van der Waals surface area contributed by atoms with E-state index < -0.39 is 10.0 Å². The van der Waals surface area contributed by atoms with E-state index in [1.54, 1.807) is 23.5 Å². The van der Waals surface area contributed by atoms with E-state index in [0.29, 0.717) is 23.9 Å². The number of piperidine rings is 1. The summed E-state index contributed by atoms with van der Waals surface area (Å²) in [5.41, 5.74) is 3.47. The minimum absolute atomic E-state index is 0.393. The van der Waals surface area contributed by atoms with Crippen LogP contribution < -0.4 is 4.74 Å². The Morgan fingerprint density at radius 2 is 1.54 bits per heavy atom. The van der Waals surface area contributed by atoms with E-state index in [0.717, 1.165) is 47.6 Å². The van der Waals surface area contributed by atoms with E-state index in [1.165, 1.54) is 57.2 Å². The van der Waals surface area contributed by atoms with Gasteiger partial charge in [-0.1, -0.05) is 24.6 Å². The zero-order valence-corrected chi connectivity index (χ0v) is 21.7. The average molecular weight is 495 g/mol. The maximum atomic E-state index is 12.9. The van der Waals surface area contributed by atoms with Crippen LogP contribution in [0.1, 0.15) is 62.8 Å². The Morgan fingerprint density at radius 1 is 0.829 bits per heavy atom. The van der Waals surface area contributed by atoms with Gasteiger partial charge in [0.2, 0.25) is 10.0 Å².